The van der Waals surface area contributed by atoms with Crippen molar-refractivity contribution >= 4 is 16.1 Å². The highest BCUT2D eigenvalue weighted by Gasteiger charge is 2.40. The Morgan fingerprint density at radius 3 is 2.53 bits per heavy atom. The van der Waals surface area contributed by atoms with Crippen molar-refractivity contribution in [2.75, 3.05) is 5.75 Å². The number of carbonyl (C=O) groups is 1. The maximum absolute atomic E-state index is 12.4. The van der Waals surface area contributed by atoms with E-state index in [2.05, 4.69) is 13.8 Å². The molecule has 1 aliphatic carbocycles. The zero-order valence-corrected chi connectivity index (χ0v) is 12.1. The van der Waals surface area contributed by atoms with Crippen LogP contribution in [0.2, 0.25) is 0 Å². The highest BCUT2D eigenvalue weighted by molar-refractivity contribution is 7.91. The van der Waals surface area contributed by atoms with Gasteiger partial charge >= 0.3 is 0 Å². The number of benzene rings is 1. The summed E-state index contributed by atoms with van der Waals surface area (Å²) in [6.45, 7) is 4.12. The van der Waals surface area contributed by atoms with E-state index in [1.807, 2.05) is 0 Å². The van der Waals surface area contributed by atoms with Crippen LogP contribution in [-0.4, -0.2) is 20.5 Å². The van der Waals surface area contributed by atoms with E-state index in [-0.39, 0.29) is 11.2 Å². The third kappa shape index (κ3) is 2.02. The number of hydrogen-bond acceptors (Lipinski definition) is 3. The van der Waals surface area contributed by atoms with Gasteiger partial charge in [0.05, 0.1) is 10.6 Å². The molecule has 0 spiro atoms. The molecule has 2 aliphatic rings. The molecule has 0 aromatic heterocycles. The number of aldehydes is 1. The van der Waals surface area contributed by atoms with Crippen LogP contribution in [0.5, 0.6) is 0 Å². The number of hydrogen-bond donors (Lipinski definition) is 0. The third-order valence-corrected chi connectivity index (χ3v) is 6.15. The number of carbonyl (C=O) groups excluding carboxylic acids is 1. The Morgan fingerprint density at radius 2 is 1.95 bits per heavy atom. The van der Waals surface area contributed by atoms with E-state index in [0.717, 1.165) is 30.3 Å². The quantitative estimate of drug-likeness (QED) is 0.782. The largest absolute Gasteiger partial charge is 0.298 e. The van der Waals surface area contributed by atoms with Crippen molar-refractivity contribution in [1.82, 2.24) is 0 Å². The van der Waals surface area contributed by atoms with Gasteiger partial charge in [-0.15, -0.1) is 0 Å². The predicted molar refractivity (Wildman–Crippen MR) is 73.5 cm³/mol. The SMILES string of the molecule is CC1(C)CCS(=O)(=O)c2c(C3CC3)cc(C=O)cc21. The molecular formula is C15H18O3S. The second-order valence-corrected chi connectivity index (χ2v) is 8.38. The van der Waals surface area contributed by atoms with Gasteiger partial charge in [-0.2, -0.15) is 0 Å². The van der Waals surface area contributed by atoms with Crippen molar-refractivity contribution in [3.05, 3.63) is 28.8 Å². The van der Waals surface area contributed by atoms with Crippen LogP contribution in [-0.2, 0) is 15.3 Å². The monoisotopic (exact) mass is 278 g/mol. The van der Waals surface area contributed by atoms with Crippen molar-refractivity contribution in [2.24, 2.45) is 0 Å². The first-order valence-corrected chi connectivity index (χ1v) is 8.37. The minimum absolute atomic E-state index is 0.177. The Kier molecular flexibility index (Phi) is 2.65. The summed E-state index contributed by atoms with van der Waals surface area (Å²) in [5.74, 6) is 0.546. The maximum Gasteiger partial charge on any atom is 0.178 e. The lowest BCUT2D eigenvalue weighted by atomic mass is 9.80. The first-order chi connectivity index (χ1) is 8.85. The minimum Gasteiger partial charge on any atom is -0.298 e. The second kappa shape index (κ2) is 3.92. The van der Waals surface area contributed by atoms with E-state index < -0.39 is 9.84 Å². The standard InChI is InChI=1S/C15H18O3S/c1-15(2)5-6-19(17,18)14-12(11-3-4-11)7-10(9-16)8-13(14)15/h7-9,11H,3-6H2,1-2H3. The fraction of sp³-hybridized carbons (Fsp3) is 0.533. The van der Waals surface area contributed by atoms with E-state index in [4.69, 9.17) is 0 Å². The van der Waals surface area contributed by atoms with Crippen LogP contribution in [0.1, 0.15) is 60.5 Å². The lowest BCUT2D eigenvalue weighted by molar-refractivity contribution is 0.112. The van der Waals surface area contributed by atoms with Crippen LogP contribution in [0.3, 0.4) is 0 Å². The molecule has 1 fully saturated rings. The highest BCUT2D eigenvalue weighted by atomic mass is 32.2. The molecule has 3 nitrogen and oxygen atoms in total. The van der Waals surface area contributed by atoms with Gasteiger partial charge in [-0.3, -0.25) is 4.79 Å². The fourth-order valence-corrected chi connectivity index (χ4v) is 5.15. The van der Waals surface area contributed by atoms with Crippen molar-refractivity contribution in [2.45, 2.75) is 49.3 Å². The summed E-state index contributed by atoms with van der Waals surface area (Å²) in [6.07, 6.45) is 3.51. The van der Waals surface area contributed by atoms with E-state index in [0.29, 0.717) is 22.8 Å². The fourth-order valence-electron chi connectivity index (χ4n) is 2.92. The molecule has 0 unspecified atom stereocenters. The highest BCUT2D eigenvalue weighted by Crippen LogP contribution is 2.48. The van der Waals surface area contributed by atoms with Gasteiger partial charge in [-0.05, 0) is 53.9 Å². The van der Waals surface area contributed by atoms with E-state index >= 15 is 0 Å². The molecule has 0 N–H and O–H groups in total. The molecule has 0 bridgehead atoms. The molecule has 1 aromatic carbocycles. The van der Waals surface area contributed by atoms with Crippen molar-refractivity contribution in [3.8, 4) is 0 Å². The Bertz CT molecular complexity index is 652. The molecule has 1 aliphatic heterocycles. The van der Waals surface area contributed by atoms with Gasteiger partial charge in [0, 0.05) is 5.56 Å². The molecular weight excluding hydrogens is 260 g/mol. The molecule has 1 saturated carbocycles. The third-order valence-electron chi connectivity index (χ3n) is 4.33. The van der Waals surface area contributed by atoms with Gasteiger partial charge in [0.2, 0.25) is 0 Å². The zero-order chi connectivity index (χ0) is 13.8. The first kappa shape index (κ1) is 12.9. The molecule has 0 amide bonds. The summed E-state index contributed by atoms with van der Waals surface area (Å²) in [4.78, 5) is 11.6. The van der Waals surface area contributed by atoms with Crippen LogP contribution in [0.25, 0.3) is 0 Å². The van der Waals surface area contributed by atoms with Crippen molar-refractivity contribution in [3.63, 3.8) is 0 Å². The smallest absolute Gasteiger partial charge is 0.178 e. The van der Waals surface area contributed by atoms with Gasteiger partial charge < -0.3 is 0 Å². The average molecular weight is 278 g/mol. The molecule has 3 rings (SSSR count). The lowest BCUT2D eigenvalue weighted by Crippen LogP contribution is -2.31. The van der Waals surface area contributed by atoms with Crippen molar-refractivity contribution < 1.29 is 13.2 Å². The molecule has 19 heavy (non-hydrogen) atoms. The lowest BCUT2D eigenvalue weighted by Gasteiger charge is -2.33. The summed E-state index contributed by atoms with van der Waals surface area (Å²) >= 11 is 0. The summed E-state index contributed by atoms with van der Waals surface area (Å²) in [5, 5.41) is 0. The normalized spacial score (nSPS) is 23.7. The van der Waals surface area contributed by atoms with E-state index in [9.17, 15) is 13.2 Å². The summed E-state index contributed by atoms with van der Waals surface area (Å²) in [7, 11) is -3.19. The van der Waals surface area contributed by atoms with Gasteiger partial charge in [0.15, 0.2) is 9.84 Å². The van der Waals surface area contributed by atoms with Crippen LogP contribution in [0.4, 0.5) is 0 Å². The number of rotatable bonds is 2. The molecule has 4 heteroatoms. The van der Waals surface area contributed by atoms with Crippen LogP contribution in [0.15, 0.2) is 17.0 Å². The summed E-state index contributed by atoms with van der Waals surface area (Å²) in [6, 6.07) is 3.55. The second-order valence-electron chi connectivity index (χ2n) is 6.33. The van der Waals surface area contributed by atoms with Crippen molar-refractivity contribution in [1.29, 1.82) is 0 Å². The molecule has 0 atom stereocenters. The molecule has 102 valence electrons. The minimum atomic E-state index is -3.19. The first-order valence-electron chi connectivity index (χ1n) is 6.71. The molecule has 1 heterocycles. The van der Waals surface area contributed by atoms with E-state index in [1.165, 1.54) is 0 Å². The van der Waals surface area contributed by atoms with Gasteiger partial charge in [-0.1, -0.05) is 13.8 Å². The Morgan fingerprint density at radius 1 is 1.26 bits per heavy atom. The Labute approximate surface area is 113 Å². The molecule has 0 saturated heterocycles. The Balaban J connectivity index is 2.36. The number of sulfone groups is 1. The topological polar surface area (TPSA) is 51.2 Å². The predicted octanol–water partition coefficient (Wildman–Crippen LogP) is 2.83. The van der Waals surface area contributed by atoms with Crippen LogP contribution >= 0.6 is 0 Å². The summed E-state index contributed by atoms with van der Waals surface area (Å²) < 4.78 is 24.9. The average Bonchev–Trinajstić information content (AvgIpc) is 3.18. The van der Waals surface area contributed by atoms with Crippen LogP contribution in [0, 0.1) is 0 Å². The van der Waals surface area contributed by atoms with Crippen LogP contribution < -0.4 is 0 Å². The molecule has 1 aromatic rings. The summed E-state index contributed by atoms with van der Waals surface area (Å²) in [5.41, 5.74) is 2.15. The van der Waals surface area contributed by atoms with Gasteiger partial charge in [-0.25, -0.2) is 8.42 Å². The molecule has 0 radical (unpaired) electrons. The zero-order valence-electron chi connectivity index (χ0n) is 11.3. The Hall–Kier alpha value is -1.16. The van der Waals surface area contributed by atoms with Gasteiger partial charge in [0.25, 0.3) is 0 Å². The van der Waals surface area contributed by atoms with E-state index in [1.54, 1.807) is 12.1 Å². The number of fused-ring (bicyclic) bond motifs is 1. The maximum atomic E-state index is 12.4. The van der Waals surface area contributed by atoms with Gasteiger partial charge in [0.1, 0.15) is 6.29 Å².